The van der Waals surface area contributed by atoms with Gasteiger partial charge in [-0.1, -0.05) is 29.1 Å². The minimum atomic E-state index is 0. The predicted octanol–water partition coefficient (Wildman–Crippen LogP) is 8.79. The minimum Gasteiger partial charge on any atom is -0.486 e. The van der Waals surface area contributed by atoms with Crippen LogP contribution in [0.3, 0.4) is 0 Å². The van der Waals surface area contributed by atoms with Crippen molar-refractivity contribution in [3.63, 3.8) is 0 Å². The standard InChI is InChI=1S/C23H17N2OS.C11H8N.Ir/c1-13-9-10-15-14-6-4-7-16(22(14)26-23(15)24-13)18-11-12-20-21(25-18)17-5-2-3-8-19(17)27-20;1-2-6-10(7-3-1)11-8-4-5-9-12-11;/h4,6,9-12H,2-3,5,8H2,1H3;1-6,8-9H;/q2*-1;. The van der Waals surface area contributed by atoms with Crippen LogP contribution in [-0.4, -0.2) is 15.0 Å². The molecule has 0 N–H and O–H groups in total. The Balaban J connectivity index is 0.000000188. The van der Waals surface area contributed by atoms with Gasteiger partial charge in [0, 0.05) is 42.3 Å². The van der Waals surface area contributed by atoms with E-state index in [-0.39, 0.29) is 20.1 Å². The van der Waals surface area contributed by atoms with Crippen molar-refractivity contribution in [2.24, 2.45) is 0 Å². The van der Waals surface area contributed by atoms with Crippen LogP contribution in [0, 0.1) is 19.1 Å². The van der Waals surface area contributed by atoms with E-state index in [4.69, 9.17) is 9.40 Å². The van der Waals surface area contributed by atoms with Crippen LogP contribution in [0.15, 0.2) is 89.5 Å². The van der Waals surface area contributed by atoms with Gasteiger partial charge in [-0.05, 0) is 73.8 Å². The third-order valence-electron chi connectivity index (χ3n) is 7.14. The molecule has 0 bridgehead atoms. The number of aromatic nitrogens is 3. The molecule has 199 valence electrons. The molecule has 0 unspecified atom stereocenters. The Morgan fingerprint density at radius 2 is 1.70 bits per heavy atom. The first-order valence-corrected chi connectivity index (χ1v) is 14.1. The van der Waals surface area contributed by atoms with E-state index in [1.807, 2.05) is 78.9 Å². The molecular weight excluding hydrogens is 691 g/mol. The molecule has 1 radical (unpaired) electrons. The summed E-state index contributed by atoms with van der Waals surface area (Å²) in [7, 11) is 0. The maximum atomic E-state index is 6.15. The van der Waals surface area contributed by atoms with Crippen LogP contribution >= 0.6 is 11.3 Å². The second-order valence-corrected chi connectivity index (χ2v) is 10.9. The molecule has 40 heavy (non-hydrogen) atoms. The number of hydrogen-bond donors (Lipinski definition) is 0. The first-order chi connectivity index (χ1) is 19.2. The summed E-state index contributed by atoms with van der Waals surface area (Å²) in [6, 6.07) is 32.6. The van der Waals surface area contributed by atoms with Gasteiger partial charge in [0.25, 0.3) is 0 Å². The number of rotatable bonds is 2. The monoisotopic (exact) mass is 716 g/mol. The summed E-state index contributed by atoms with van der Waals surface area (Å²) in [5.41, 5.74) is 8.94. The molecule has 6 heteroatoms. The average Bonchev–Trinajstić information content (AvgIpc) is 3.56. The van der Waals surface area contributed by atoms with Crippen LogP contribution in [0.4, 0.5) is 0 Å². The molecule has 0 fully saturated rings. The molecule has 5 aromatic heterocycles. The van der Waals surface area contributed by atoms with E-state index in [9.17, 15) is 0 Å². The second kappa shape index (κ2) is 11.4. The maximum Gasteiger partial charge on any atom is 0.216 e. The van der Waals surface area contributed by atoms with Crippen LogP contribution in [0.1, 0.15) is 29.0 Å². The van der Waals surface area contributed by atoms with Crippen molar-refractivity contribution in [3.05, 3.63) is 113 Å². The summed E-state index contributed by atoms with van der Waals surface area (Å²) in [6.45, 7) is 1.98. The van der Waals surface area contributed by atoms with Gasteiger partial charge in [-0.25, -0.2) is 4.98 Å². The SMILES string of the molecule is Cc1ccc2c(n1)oc1c(-c3ccc4sc5c(c4n3)CCCC5)[c-]ccc12.[Ir].[c-]1ccccc1-c1ccccn1. The van der Waals surface area contributed by atoms with E-state index in [0.717, 1.165) is 51.0 Å². The van der Waals surface area contributed by atoms with Crippen LogP contribution in [0.25, 0.3) is 54.8 Å². The van der Waals surface area contributed by atoms with Crippen molar-refractivity contribution in [1.82, 2.24) is 15.0 Å². The maximum absolute atomic E-state index is 6.15. The van der Waals surface area contributed by atoms with Crippen molar-refractivity contribution in [2.45, 2.75) is 32.6 Å². The molecule has 4 nitrogen and oxygen atoms in total. The van der Waals surface area contributed by atoms with Gasteiger partial charge in [0.05, 0.1) is 15.8 Å². The van der Waals surface area contributed by atoms with Crippen molar-refractivity contribution >= 4 is 43.6 Å². The number of aryl methyl sites for hydroxylation is 3. The fourth-order valence-corrected chi connectivity index (χ4v) is 6.47. The van der Waals surface area contributed by atoms with Crippen LogP contribution in [0.5, 0.6) is 0 Å². The minimum absolute atomic E-state index is 0. The molecule has 8 rings (SSSR count). The molecule has 1 aliphatic rings. The van der Waals surface area contributed by atoms with Gasteiger partial charge in [-0.2, -0.15) is 0 Å². The average molecular weight is 716 g/mol. The number of thiophene rings is 1. The van der Waals surface area contributed by atoms with Crippen molar-refractivity contribution in [1.29, 1.82) is 0 Å². The topological polar surface area (TPSA) is 51.8 Å². The zero-order valence-corrected chi connectivity index (χ0v) is 25.1. The van der Waals surface area contributed by atoms with E-state index in [0.29, 0.717) is 5.71 Å². The molecule has 0 amide bonds. The number of nitrogens with zero attached hydrogens (tertiary/aromatic N) is 3. The summed E-state index contributed by atoms with van der Waals surface area (Å²) in [5, 5.41) is 2.11. The third-order valence-corrected chi connectivity index (χ3v) is 8.38. The van der Waals surface area contributed by atoms with Crippen molar-refractivity contribution in [2.75, 3.05) is 0 Å². The van der Waals surface area contributed by atoms with E-state index in [1.165, 1.54) is 39.9 Å². The van der Waals surface area contributed by atoms with Crippen molar-refractivity contribution in [3.8, 4) is 22.5 Å². The summed E-state index contributed by atoms with van der Waals surface area (Å²) >= 11 is 1.91. The van der Waals surface area contributed by atoms with Gasteiger partial charge < -0.3 is 9.40 Å². The second-order valence-electron chi connectivity index (χ2n) is 9.75. The Kier molecular flexibility index (Phi) is 7.57. The summed E-state index contributed by atoms with van der Waals surface area (Å²) in [4.78, 5) is 15.3. The fourth-order valence-electron chi connectivity index (χ4n) is 5.24. The first kappa shape index (κ1) is 26.5. The third kappa shape index (κ3) is 4.99. The number of pyridine rings is 3. The van der Waals surface area contributed by atoms with E-state index >= 15 is 0 Å². The van der Waals surface area contributed by atoms with Gasteiger partial charge in [0.1, 0.15) is 0 Å². The van der Waals surface area contributed by atoms with E-state index in [2.05, 4.69) is 40.3 Å². The quantitative estimate of drug-likeness (QED) is 0.168. The molecule has 0 saturated carbocycles. The normalized spacial score (nSPS) is 12.5. The fraction of sp³-hybridized carbons (Fsp3) is 0.147. The number of hydrogen-bond acceptors (Lipinski definition) is 5. The molecule has 0 spiro atoms. The van der Waals surface area contributed by atoms with Gasteiger partial charge >= 0.3 is 0 Å². The molecule has 0 aliphatic heterocycles. The molecule has 0 atom stereocenters. The van der Waals surface area contributed by atoms with Crippen molar-refractivity contribution < 1.29 is 24.5 Å². The Labute approximate surface area is 250 Å². The first-order valence-electron chi connectivity index (χ1n) is 13.2. The van der Waals surface area contributed by atoms with Gasteiger partial charge in [-0.3, -0.25) is 4.98 Å². The summed E-state index contributed by atoms with van der Waals surface area (Å²) < 4.78 is 7.44. The molecule has 2 aromatic carbocycles. The Bertz CT molecular complexity index is 1890. The largest absolute Gasteiger partial charge is 0.486 e. The van der Waals surface area contributed by atoms with Gasteiger partial charge in [0.15, 0.2) is 0 Å². The smallest absolute Gasteiger partial charge is 0.216 e. The molecular formula is C34H25IrN3OS-2. The summed E-state index contributed by atoms with van der Waals surface area (Å²) in [5.74, 6) is 0. The zero-order valence-electron chi connectivity index (χ0n) is 21.9. The van der Waals surface area contributed by atoms with Crippen LogP contribution < -0.4 is 0 Å². The molecule has 5 heterocycles. The Morgan fingerprint density at radius 3 is 2.55 bits per heavy atom. The van der Waals surface area contributed by atoms with Crippen LogP contribution in [-0.2, 0) is 32.9 Å². The number of fused-ring (bicyclic) bond motifs is 6. The van der Waals surface area contributed by atoms with Gasteiger partial charge in [0.2, 0.25) is 5.71 Å². The molecule has 1 aliphatic carbocycles. The molecule has 0 saturated heterocycles. The Hall–Kier alpha value is -3.70. The summed E-state index contributed by atoms with van der Waals surface area (Å²) in [6.07, 6.45) is 6.69. The van der Waals surface area contributed by atoms with Crippen LogP contribution in [0.2, 0.25) is 0 Å². The molecule has 7 aromatic rings. The van der Waals surface area contributed by atoms with E-state index < -0.39 is 0 Å². The zero-order chi connectivity index (χ0) is 26.2. The predicted molar refractivity (Wildman–Crippen MR) is 159 cm³/mol. The number of benzene rings is 2. The number of furan rings is 1. The van der Waals surface area contributed by atoms with E-state index in [1.54, 1.807) is 6.20 Å². The van der Waals surface area contributed by atoms with Gasteiger partial charge in [-0.15, -0.1) is 65.4 Å². The Morgan fingerprint density at radius 1 is 0.800 bits per heavy atom.